The van der Waals surface area contributed by atoms with Crippen molar-refractivity contribution in [2.45, 2.75) is 267 Å². The monoisotopic (exact) mass is 1480 g/mol. The van der Waals surface area contributed by atoms with E-state index in [2.05, 4.69) is 326 Å². The molecule has 3 aliphatic carbocycles. The Morgan fingerprint density at radius 2 is 0.293 bits per heavy atom. The summed E-state index contributed by atoms with van der Waals surface area (Å²) in [6, 6.07) is 54.9. The summed E-state index contributed by atoms with van der Waals surface area (Å²) < 4.78 is 49.0. The number of halogens is 2. The summed E-state index contributed by atoms with van der Waals surface area (Å²) >= 11 is 7.47. The predicted molar refractivity (Wildman–Crippen MR) is 416 cm³/mol. The highest BCUT2D eigenvalue weighted by Crippen LogP contribution is 2.51. The molecule has 504 valence electrons. The maximum atomic E-state index is 7.96. The SMILES string of the molecule is CC[Si](CC)(CC)OC1(c2ccc(Br)cc2)C=CC(O[Si](CC)(CC)CC)(c2ccc([C@]3(O[Si](CC)(CC)CC)C=C[C@](O[Si](CC)(CC)CC)(c4ccc(C5(O[Si](CC)(CC)CC)C=CC(O[Si](CC)(CC)CC)(c6ccc(Br)cc6)C=C5)cc4)C=C3)cc2)C=C1. The first-order valence-electron chi connectivity index (χ1n) is 36.2. The van der Waals surface area contributed by atoms with Crippen molar-refractivity contribution in [3.05, 3.63) is 212 Å². The summed E-state index contributed by atoms with van der Waals surface area (Å²) in [6.45, 7) is 42.0. The number of rotatable bonds is 36. The van der Waals surface area contributed by atoms with Crippen LogP contribution in [0.2, 0.25) is 109 Å². The summed E-state index contributed by atoms with van der Waals surface area (Å²) in [4.78, 5) is 0. The quantitative estimate of drug-likeness (QED) is 0.0334. The van der Waals surface area contributed by atoms with Crippen molar-refractivity contribution in [2.75, 3.05) is 0 Å². The zero-order chi connectivity index (χ0) is 67.4. The maximum absolute atomic E-state index is 7.96. The van der Waals surface area contributed by atoms with Gasteiger partial charge in [-0.3, -0.25) is 0 Å². The summed E-state index contributed by atoms with van der Waals surface area (Å²) in [7, 11) is -13.3. The Balaban J connectivity index is 1.39. The highest BCUT2D eigenvalue weighted by molar-refractivity contribution is 9.10. The predicted octanol–water partition coefficient (Wildman–Crippen LogP) is 25.0. The van der Waals surface area contributed by atoms with Gasteiger partial charge >= 0.3 is 0 Å². The van der Waals surface area contributed by atoms with E-state index in [1.165, 1.54) is 0 Å². The minimum absolute atomic E-state index is 0.718. The number of hydrogen-bond donors (Lipinski definition) is 0. The molecular weight excluding hydrogens is 1360 g/mol. The Labute approximate surface area is 583 Å². The first-order valence-corrected chi connectivity index (χ1v) is 52.9. The smallest absolute Gasteiger partial charge is 0.194 e. The van der Waals surface area contributed by atoms with Gasteiger partial charge in [0.05, 0.1) is 0 Å². The van der Waals surface area contributed by atoms with E-state index in [1.54, 1.807) is 0 Å². The molecule has 0 saturated carbocycles. The summed E-state index contributed by atoms with van der Waals surface area (Å²) in [5.41, 5.74) is 2.04. The van der Waals surface area contributed by atoms with Gasteiger partial charge in [0.15, 0.2) is 49.9 Å². The highest BCUT2D eigenvalue weighted by Gasteiger charge is 2.51. The van der Waals surface area contributed by atoms with Gasteiger partial charge in [0.1, 0.15) is 33.6 Å². The molecule has 0 heterocycles. The molecule has 7 rings (SSSR count). The molecule has 0 radical (unpaired) electrons. The van der Waals surface area contributed by atoms with E-state index < -0.39 is 83.5 Å². The molecule has 0 atom stereocenters. The van der Waals surface area contributed by atoms with Crippen molar-refractivity contribution in [2.24, 2.45) is 0 Å². The zero-order valence-electron chi connectivity index (χ0n) is 60.1. The van der Waals surface area contributed by atoms with Crippen LogP contribution in [0.1, 0.15) is 158 Å². The fourth-order valence-corrected chi connectivity index (χ4v) is 33.0. The Hall–Kier alpha value is -2.66. The molecule has 0 N–H and O–H groups in total. The summed E-state index contributed by atoms with van der Waals surface area (Å²) in [5, 5.41) is 0. The molecule has 0 fully saturated rings. The molecule has 3 aliphatic rings. The van der Waals surface area contributed by atoms with Gasteiger partial charge in [-0.2, -0.15) is 0 Å². The van der Waals surface area contributed by atoms with E-state index in [-0.39, 0.29) is 0 Å². The molecule has 92 heavy (non-hydrogen) atoms. The van der Waals surface area contributed by atoms with E-state index in [0.717, 1.165) is 151 Å². The molecule has 4 aromatic rings. The van der Waals surface area contributed by atoms with Gasteiger partial charge in [-0.05, 0) is 239 Å². The molecule has 0 amide bonds. The van der Waals surface area contributed by atoms with Crippen LogP contribution in [0.4, 0.5) is 0 Å². The lowest BCUT2D eigenvalue weighted by atomic mass is 9.78. The molecular formula is C78H118Br2O6Si6. The highest BCUT2D eigenvalue weighted by atomic mass is 79.9. The second-order valence-corrected chi connectivity index (χ2v) is 57.0. The third-order valence-corrected chi connectivity index (χ3v) is 52.4. The van der Waals surface area contributed by atoms with Gasteiger partial charge in [0.2, 0.25) is 0 Å². The van der Waals surface area contributed by atoms with Crippen LogP contribution in [0.25, 0.3) is 0 Å². The van der Waals surface area contributed by atoms with Crippen molar-refractivity contribution >= 4 is 81.8 Å². The van der Waals surface area contributed by atoms with Gasteiger partial charge < -0.3 is 26.6 Å². The van der Waals surface area contributed by atoms with Gasteiger partial charge in [-0.15, -0.1) is 0 Å². The van der Waals surface area contributed by atoms with Crippen LogP contribution in [0, 0.1) is 0 Å². The van der Waals surface area contributed by atoms with E-state index in [4.69, 9.17) is 26.6 Å². The summed E-state index contributed by atoms with van der Waals surface area (Å²) in [6.07, 6.45) is 28.4. The molecule has 0 saturated heterocycles. The average Bonchev–Trinajstić information content (AvgIpc) is 0.748. The Morgan fingerprint density at radius 3 is 0.391 bits per heavy atom. The fraction of sp³-hybridized carbons (Fsp3) is 0.538. The second kappa shape index (κ2) is 31.9. The largest absolute Gasteiger partial charge is 0.401 e. The van der Waals surface area contributed by atoms with Crippen LogP contribution in [0.5, 0.6) is 0 Å². The zero-order valence-corrected chi connectivity index (χ0v) is 69.3. The van der Waals surface area contributed by atoms with E-state index >= 15 is 0 Å². The molecule has 0 unspecified atom stereocenters. The lowest BCUT2D eigenvalue weighted by Gasteiger charge is -2.47. The van der Waals surface area contributed by atoms with Crippen LogP contribution >= 0.6 is 31.9 Å². The normalized spacial score (nSPS) is 24.5. The molecule has 0 aliphatic heterocycles. The van der Waals surface area contributed by atoms with Crippen molar-refractivity contribution < 1.29 is 26.6 Å². The third kappa shape index (κ3) is 15.4. The third-order valence-electron chi connectivity index (χ3n) is 23.5. The van der Waals surface area contributed by atoms with Gasteiger partial charge in [-0.25, -0.2) is 0 Å². The lowest BCUT2D eigenvalue weighted by molar-refractivity contribution is 0.118. The number of benzene rings is 4. The van der Waals surface area contributed by atoms with Crippen LogP contribution in [-0.4, -0.2) is 49.9 Å². The van der Waals surface area contributed by atoms with Crippen molar-refractivity contribution in [1.29, 1.82) is 0 Å². The maximum Gasteiger partial charge on any atom is 0.194 e. The van der Waals surface area contributed by atoms with Crippen molar-refractivity contribution in [3.8, 4) is 0 Å². The van der Waals surface area contributed by atoms with Crippen LogP contribution in [0.3, 0.4) is 0 Å². The molecule has 14 heteroatoms. The lowest BCUT2D eigenvalue weighted by Crippen LogP contribution is -2.49. The molecule has 4 aromatic carbocycles. The van der Waals surface area contributed by atoms with Gasteiger partial charge in [0.25, 0.3) is 0 Å². The van der Waals surface area contributed by atoms with Crippen LogP contribution in [0.15, 0.2) is 179 Å². The van der Waals surface area contributed by atoms with Crippen molar-refractivity contribution in [1.82, 2.24) is 0 Å². The average molecular weight is 1480 g/mol. The molecule has 0 spiro atoms. The fourth-order valence-electron chi connectivity index (χ4n) is 15.1. The standard InChI is InChI=1S/C78H118Br2O6Si6/c1-19-87(20-2,21-3)81-73(65-37-41-67(42-38-65)75(83-89(25-7,26-8)27-9)57-61-77(62-58-75,69-45-49-71(79)50-46-69)85-91(31-13,32-14)33-15)53-55-74(56-54-73,82-88(22-4,23-5)24-6)66-39-43-68(44-40-66)76(84-90(28-10,29-11)30-12)59-63-78(64-60-76,70-47-51-72(80)52-48-70)86-92(34-16,35-17)36-18/h37-64H,19-36H2,1-18H3/t73-,74+,75?,76?,77?,78?. The molecule has 6 nitrogen and oxygen atoms in total. The minimum Gasteiger partial charge on any atom is -0.401 e. The molecule has 0 bridgehead atoms. The number of hydrogen-bond acceptors (Lipinski definition) is 6. The summed E-state index contributed by atoms with van der Waals surface area (Å²) in [5.74, 6) is 0. The van der Waals surface area contributed by atoms with E-state index in [1.807, 2.05) is 0 Å². The Kier molecular flexibility index (Phi) is 26.6. The Morgan fingerprint density at radius 1 is 0.196 bits per heavy atom. The van der Waals surface area contributed by atoms with E-state index in [9.17, 15) is 0 Å². The first kappa shape index (κ1) is 76.7. The Bertz CT molecular complexity index is 2860. The second-order valence-electron chi connectivity index (χ2n) is 27.0. The van der Waals surface area contributed by atoms with Crippen LogP contribution < -0.4 is 0 Å². The van der Waals surface area contributed by atoms with E-state index in [0.29, 0.717) is 0 Å². The van der Waals surface area contributed by atoms with Crippen molar-refractivity contribution in [3.63, 3.8) is 0 Å². The van der Waals surface area contributed by atoms with Crippen LogP contribution in [-0.2, 0) is 60.2 Å². The minimum atomic E-state index is -2.28. The van der Waals surface area contributed by atoms with Gasteiger partial charge in [-0.1, -0.05) is 229 Å². The first-order chi connectivity index (χ1) is 44.0. The molecule has 0 aromatic heterocycles. The van der Waals surface area contributed by atoms with Gasteiger partial charge in [0, 0.05) is 8.95 Å². The topological polar surface area (TPSA) is 55.4 Å².